The molecule has 3 rings (SSSR count). The fourth-order valence-corrected chi connectivity index (χ4v) is 4.24. The largest absolute Gasteiger partial charge is 0.490 e. The smallest absolute Gasteiger partial charge is 0.266 e. The normalized spacial score (nSPS) is 15.4. The molecule has 0 aliphatic carbocycles. The summed E-state index contributed by atoms with van der Waals surface area (Å²) in [7, 11) is 0. The molecule has 2 aromatic rings. The topological polar surface area (TPSA) is 38.8 Å². The van der Waals surface area contributed by atoms with E-state index in [4.69, 9.17) is 21.7 Å². The third-order valence-corrected chi connectivity index (χ3v) is 5.65. The molecule has 0 saturated carbocycles. The summed E-state index contributed by atoms with van der Waals surface area (Å²) in [6.07, 6.45) is 1.82. The van der Waals surface area contributed by atoms with Crippen LogP contribution in [-0.4, -0.2) is 28.3 Å². The molecule has 1 fully saturated rings. The Balaban J connectivity index is 1.78. The van der Waals surface area contributed by atoms with Crippen molar-refractivity contribution in [3.8, 4) is 11.5 Å². The molecule has 1 amide bonds. The molecule has 1 aliphatic rings. The van der Waals surface area contributed by atoms with Crippen LogP contribution in [-0.2, 0) is 11.4 Å². The maximum atomic E-state index is 13.4. The molecule has 0 bridgehead atoms. The highest BCUT2D eigenvalue weighted by atomic mass is 32.2. The molecule has 0 unspecified atom stereocenters. The van der Waals surface area contributed by atoms with Gasteiger partial charge in [-0.1, -0.05) is 56.0 Å². The Kier molecular flexibility index (Phi) is 7.50. The first-order valence-electron chi connectivity index (χ1n) is 9.76. The average molecular weight is 446 g/mol. The highest BCUT2D eigenvalue weighted by molar-refractivity contribution is 8.26. The van der Waals surface area contributed by atoms with Gasteiger partial charge in [0.05, 0.1) is 11.5 Å². The zero-order chi connectivity index (χ0) is 21.7. The summed E-state index contributed by atoms with van der Waals surface area (Å²) < 4.78 is 25.5. The van der Waals surface area contributed by atoms with Crippen molar-refractivity contribution >= 4 is 40.3 Å². The molecule has 0 radical (unpaired) electrons. The second-order valence-electron chi connectivity index (χ2n) is 7.24. The van der Waals surface area contributed by atoms with Crippen molar-refractivity contribution in [2.45, 2.75) is 27.4 Å². The molecule has 7 heteroatoms. The number of carbonyl (C=O) groups excluding carboxylic acids is 1. The van der Waals surface area contributed by atoms with Gasteiger partial charge in [-0.3, -0.25) is 9.69 Å². The number of hydrogen-bond donors (Lipinski definition) is 0. The van der Waals surface area contributed by atoms with Gasteiger partial charge in [0.15, 0.2) is 11.5 Å². The molecule has 30 heavy (non-hydrogen) atoms. The predicted molar refractivity (Wildman–Crippen MR) is 123 cm³/mol. The summed E-state index contributed by atoms with van der Waals surface area (Å²) >= 11 is 6.68. The molecule has 2 aromatic carbocycles. The first kappa shape index (κ1) is 22.3. The first-order valence-corrected chi connectivity index (χ1v) is 11.0. The van der Waals surface area contributed by atoms with Gasteiger partial charge in [-0.05, 0) is 54.3 Å². The van der Waals surface area contributed by atoms with E-state index in [1.54, 1.807) is 23.1 Å². The summed E-state index contributed by atoms with van der Waals surface area (Å²) in [4.78, 5) is 14.9. The minimum atomic E-state index is -0.300. The number of halogens is 1. The second kappa shape index (κ2) is 10.1. The second-order valence-corrected chi connectivity index (χ2v) is 8.92. The molecular formula is C23H24FNO3S2. The van der Waals surface area contributed by atoms with Crippen molar-refractivity contribution in [1.82, 2.24) is 4.90 Å². The number of nitrogens with zero attached hydrogens (tertiary/aromatic N) is 1. The van der Waals surface area contributed by atoms with Crippen LogP contribution in [0.25, 0.3) is 6.08 Å². The quantitative estimate of drug-likeness (QED) is 0.387. The van der Waals surface area contributed by atoms with E-state index in [2.05, 4.69) is 13.8 Å². The van der Waals surface area contributed by atoms with Crippen molar-refractivity contribution < 1.29 is 18.7 Å². The number of thioether (sulfide) groups is 1. The van der Waals surface area contributed by atoms with Crippen LogP contribution in [0.1, 0.15) is 31.9 Å². The number of carbonyl (C=O) groups is 1. The lowest BCUT2D eigenvalue weighted by atomic mass is 10.1. The fraction of sp³-hybridized carbons (Fsp3) is 0.304. The van der Waals surface area contributed by atoms with Crippen LogP contribution >= 0.6 is 24.0 Å². The van der Waals surface area contributed by atoms with E-state index in [1.165, 1.54) is 23.9 Å². The lowest BCUT2D eigenvalue weighted by Crippen LogP contribution is -2.31. The lowest BCUT2D eigenvalue weighted by Gasteiger charge is -2.16. The Bertz CT molecular complexity index is 975. The van der Waals surface area contributed by atoms with Crippen LogP contribution in [0.2, 0.25) is 0 Å². The number of rotatable bonds is 8. The molecule has 158 valence electrons. The first-order chi connectivity index (χ1) is 14.4. The van der Waals surface area contributed by atoms with E-state index in [9.17, 15) is 9.18 Å². The molecule has 1 heterocycles. The van der Waals surface area contributed by atoms with Gasteiger partial charge in [0.2, 0.25) is 0 Å². The van der Waals surface area contributed by atoms with E-state index in [0.29, 0.717) is 39.8 Å². The van der Waals surface area contributed by atoms with Crippen LogP contribution in [0.5, 0.6) is 11.5 Å². The van der Waals surface area contributed by atoms with Gasteiger partial charge in [-0.25, -0.2) is 4.39 Å². The zero-order valence-corrected chi connectivity index (χ0v) is 18.8. The summed E-state index contributed by atoms with van der Waals surface area (Å²) in [5.41, 5.74) is 1.55. The average Bonchev–Trinajstić information content (AvgIpc) is 2.95. The van der Waals surface area contributed by atoms with Gasteiger partial charge in [0.1, 0.15) is 16.7 Å². The SMILES string of the molecule is CCOc1cc(/C=C2\SC(=S)N(CC(C)C)C2=O)ccc1OCc1cccc(F)c1. The standard InChI is InChI=1S/C23H24FNO3S2/c1-4-27-20-11-16(12-21-22(26)25(13-15(2)3)23(29)30-21)8-9-19(20)28-14-17-6-5-7-18(24)10-17/h5-12,15H,4,13-14H2,1-3H3/b21-12-. The van der Waals surface area contributed by atoms with Crippen LogP contribution in [0.3, 0.4) is 0 Å². The molecule has 1 saturated heterocycles. The Labute approximate surface area is 186 Å². The minimum absolute atomic E-state index is 0.0666. The predicted octanol–water partition coefficient (Wildman–Crippen LogP) is 5.66. The highest BCUT2D eigenvalue weighted by Crippen LogP contribution is 2.35. The highest BCUT2D eigenvalue weighted by Gasteiger charge is 2.32. The van der Waals surface area contributed by atoms with E-state index in [0.717, 1.165) is 11.1 Å². The number of benzene rings is 2. The summed E-state index contributed by atoms with van der Waals surface area (Å²) in [5, 5.41) is 0. The zero-order valence-electron chi connectivity index (χ0n) is 17.2. The van der Waals surface area contributed by atoms with Gasteiger partial charge in [-0.15, -0.1) is 0 Å². The third kappa shape index (κ3) is 5.61. The van der Waals surface area contributed by atoms with Crippen LogP contribution in [0.4, 0.5) is 4.39 Å². The van der Waals surface area contributed by atoms with Crippen LogP contribution < -0.4 is 9.47 Å². The Morgan fingerprint density at radius 2 is 1.97 bits per heavy atom. The molecule has 0 spiro atoms. The number of amides is 1. The van der Waals surface area contributed by atoms with Gasteiger partial charge < -0.3 is 9.47 Å². The third-order valence-electron chi connectivity index (χ3n) is 4.27. The van der Waals surface area contributed by atoms with Crippen molar-refractivity contribution in [1.29, 1.82) is 0 Å². The van der Waals surface area contributed by atoms with Crippen molar-refractivity contribution in [2.24, 2.45) is 5.92 Å². The van der Waals surface area contributed by atoms with E-state index >= 15 is 0 Å². The fourth-order valence-electron chi connectivity index (χ4n) is 2.96. The summed E-state index contributed by atoms with van der Waals surface area (Å²) in [6.45, 7) is 7.30. The van der Waals surface area contributed by atoms with E-state index < -0.39 is 0 Å². The number of ether oxygens (including phenoxy) is 2. The molecule has 4 nitrogen and oxygen atoms in total. The summed E-state index contributed by atoms with van der Waals surface area (Å²) in [6, 6.07) is 11.8. The number of hydrogen-bond acceptors (Lipinski definition) is 5. The Hall–Kier alpha value is -2.38. The van der Waals surface area contributed by atoms with Crippen molar-refractivity contribution in [3.05, 3.63) is 64.3 Å². The maximum Gasteiger partial charge on any atom is 0.266 e. The van der Waals surface area contributed by atoms with Gasteiger partial charge >= 0.3 is 0 Å². The molecule has 0 aromatic heterocycles. The lowest BCUT2D eigenvalue weighted by molar-refractivity contribution is -0.122. The Morgan fingerprint density at radius 1 is 1.17 bits per heavy atom. The van der Waals surface area contributed by atoms with Gasteiger partial charge in [0, 0.05) is 6.54 Å². The van der Waals surface area contributed by atoms with Crippen molar-refractivity contribution in [2.75, 3.05) is 13.2 Å². The van der Waals surface area contributed by atoms with E-state index in [-0.39, 0.29) is 18.3 Å². The van der Waals surface area contributed by atoms with Crippen molar-refractivity contribution in [3.63, 3.8) is 0 Å². The maximum absolute atomic E-state index is 13.4. The van der Waals surface area contributed by atoms with Crippen LogP contribution in [0.15, 0.2) is 47.4 Å². The minimum Gasteiger partial charge on any atom is -0.490 e. The molecule has 0 atom stereocenters. The number of thiocarbonyl (C=S) groups is 1. The Morgan fingerprint density at radius 3 is 2.67 bits per heavy atom. The molecule has 1 aliphatic heterocycles. The molecular weight excluding hydrogens is 421 g/mol. The van der Waals surface area contributed by atoms with Gasteiger partial charge in [0.25, 0.3) is 5.91 Å². The monoisotopic (exact) mass is 445 g/mol. The molecule has 0 N–H and O–H groups in total. The van der Waals surface area contributed by atoms with Gasteiger partial charge in [-0.2, -0.15) is 0 Å². The summed E-state index contributed by atoms with van der Waals surface area (Å²) in [5.74, 6) is 1.10. The van der Waals surface area contributed by atoms with Crippen LogP contribution in [0, 0.1) is 11.7 Å². The van der Waals surface area contributed by atoms with E-state index in [1.807, 2.05) is 25.1 Å².